The number of hydrogen-bond acceptors (Lipinski definition) is 2. The molecule has 19 heavy (non-hydrogen) atoms. The Kier molecular flexibility index (Phi) is 5.12. The topological polar surface area (TPSA) is 55.1 Å². The third-order valence-corrected chi connectivity index (χ3v) is 3.33. The second kappa shape index (κ2) is 6.20. The van der Waals surface area contributed by atoms with Gasteiger partial charge in [-0.05, 0) is 23.0 Å². The fourth-order valence-corrected chi connectivity index (χ4v) is 1.88. The summed E-state index contributed by atoms with van der Waals surface area (Å²) < 4.78 is 0. The first kappa shape index (κ1) is 15.7. The molecule has 3 N–H and O–H groups in total. The molecule has 0 radical (unpaired) electrons. The van der Waals surface area contributed by atoms with Crippen LogP contribution in [0.1, 0.15) is 50.5 Å². The van der Waals surface area contributed by atoms with Gasteiger partial charge in [-0.15, -0.1) is 0 Å². The second-order valence-corrected chi connectivity index (χ2v) is 6.41. The van der Waals surface area contributed by atoms with Gasteiger partial charge in [0.15, 0.2) is 0 Å². The molecule has 0 saturated heterocycles. The Balaban J connectivity index is 2.83. The molecule has 106 valence electrons. The first-order valence-electron chi connectivity index (χ1n) is 6.86. The van der Waals surface area contributed by atoms with Crippen LogP contribution in [0.15, 0.2) is 24.3 Å². The van der Waals surface area contributed by atoms with Crippen molar-refractivity contribution in [2.24, 2.45) is 11.7 Å². The van der Waals surface area contributed by atoms with Gasteiger partial charge in [-0.2, -0.15) is 0 Å². The van der Waals surface area contributed by atoms with E-state index in [4.69, 9.17) is 5.73 Å². The zero-order valence-electron chi connectivity index (χ0n) is 12.7. The summed E-state index contributed by atoms with van der Waals surface area (Å²) in [5.74, 6) is 0.319. The SMILES string of the molecule is CC(C)C(N)CNC(=O)c1ccccc1C(C)(C)C. The molecule has 0 aliphatic carbocycles. The summed E-state index contributed by atoms with van der Waals surface area (Å²) in [6, 6.07) is 7.74. The maximum Gasteiger partial charge on any atom is 0.251 e. The Labute approximate surface area is 116 Å². The standard InChI is InChI=1S/C16H26N2O/c1-11(2)14(17)10-18-15(19)12-8-6-7-9-13(12)16(3,4)5/h6-9,11,14H,10,17H2,1-5H3,(H,18,19). The van der Waals surface area contributed by atoms with Crippen LogP contribution < -0.4 is 11.1 Å². The van der Waals surface area contributed by atoms with Crippen molar-refractivity contribution in [1.82, 2.24) is 5.32 Å². The van der Waals surface area contributed by atoms with E-state index in [9.17, 15) is 4.79 Å². The number of nitrogens with two attached hydrogens (primary N) is 1. The second-order valence-electron chi connectivity index (χ2n) is 6.41. The summed E-state index contributed by atoms with van der Waals surface area (Å²) in [5.41, 5.74) is 7.71. The minimum absolute atomic E-state index is 0.00857. The van der Waals surface area contributed by atoms with Crippen LogP contribution in [0.3, 0.4) is 0 Å². The van der Waals surface area contributed by atoms with E-state index >= 15 is 0 Å². The fraction of sp³-hybridized carbons (Fsp3) is 0.562. The molecular formula is C16H26N2O. The maximum atomic E-state index is 12.3. The molecule has 0 bridgehead atoms. The highest BCUT2D eigenvalue weighted by Crippen LogP contribution is 2.25. The summed E-state index contributed by atoms with van der Waals surface area (Å²) in [6.45, 7) is 11.0. The van der Waals surface area contributed by atoms with Crippen molar-refractivity contribution in [3.05, 3.63) is 35.4 Å². The molecule has 1 rings (SSSR count). The van der Waals surface area contributed by atoms with Crippen LogP contribution in [0.4, 0.5) is 0 Å². The van der Waals surface area contributed by atoms with Crippen LogP contribution in [0.2, 0.25) is 0 Å². The van der Waals surface area contributed by atoms with Gasteiger partial charge in [0.05, 0.1) is 0 Å². The molecule has 1 aromatic rings. The van der Waals surface area contributed by atoms with Crippen LogP contribution >= 0.6 is 0 Å². The largest absolute Gasteiger partial charge is 0.350 e. The van der Waals surface area contributed by atoms with Gasteiger partial charge in [-0.3, -0.25) is 4.79 Å². The van der Waals surface area contributed by atoms with Crippen LogP contribution in [0, 0.1) is 5.92 Å². The van der Waals surface area contributed by atoms with Crippen molar-refractivity contribution in [2.75, 3.05) is 6.54 Å². The van der Waals surface area contributed by atoms with E-state index < -0.39 is 0 Å². The van der Waals surface area contributed by atoms with Gasteiger partial charge >= 0.3 is 0 Å². The normalized spacial score (nSPS) is 13.4. The third-order valence-electron chi connectivity index (χ3n) is 3.33. The predicted molar refractivity (Wildman–Crippen MR) is 80.3 cm³/mol. The van der Waals surface area contributed by atoms with Crippen LogP contribution in [-0.4, -0.2) is 18.5 Å². The smallest absolute Gasteiger partial charge is 0.251 e. The van der Waals surface area contributed by atoms with Crippen LogP contribution in [-0.2, 0) is 5.41 Å². The molecule has 0 aliphatic heterocycles. The Hall–Kier alpha value is -1.35. The summed E-state index contributed by atoms with van der Waals surface area (Å²) in [5, 5.41) is 2.93. The quantitative estimate of drug-likeness (QED) is 0.876. The lowest BCUT2D eigenvalue weighted by Gasteiger charge is -2.23. The Morgan fingerprint density at radius 2 is 1.84 bits per heavy atom. The highest BCUT2D eigenvalue weighted by atomic mass is 16.1. The van der Waals surface area contributed by atoms with Crippen molar-refractivity contribution in [3.63, 3.8) is 0 Å². The van der Waals surface area contributed by atoms with E-state index in [1.54, 1.807) is 0 Å². The maximum absolute atomic E-state index is 12.3. The van der Waals surface area contributed by atoms with Gasteiger partial charge in [0, 0.05) is 18.2 Å². The minimum atomic E-state index is -0.0475. The predicted octanol–water partition coefficient (Wildman–Crippen LogP) is 2.70. The fourth-order valence-electron chi connectivity index (χ4n) is 1.88. The molecular weight excluding hydrogens is 236 g/mol. The van der Waals surface area contributed by atoms with E-state index in [0.29, 0.717) is 12.5 Å². The molecule has 0 aliphatic rings. The minimum Gasteiger partial charge on any atom is -0.350 e. The van der Waals surface area contributed by atoms with Crippen molar-refractivity contribution in [3.8, 4) is 0 Å². The molecule has 3 heteroatoms. The molecule has 0 spiro atoms. The van der Waals surface area contributed by atoms with Gasteiger partial charge in [-0.1, -0.05) is 52.8 Å². The number of hydrogen-bond donors (Lipinski definition) is 2. The van der Waals surface area contributed by atoms with E-state index in [1.165, 1.54) is 0 Å². The van der Waals surface area contributed by atoms with Crippen molar-refractivity contribution in [2.45, 2.75) is 46.1 Å². The van der Waals surface area contributed by atoms with Gasteiger partial charge < -0.3 is 11.1 Å². The highest BCUT2D eigenvalue weighted by molar-refractivity contribution is 5.96. The third kappa shape index (κ3) is 4.35. The Morgan fingerprint density at radius 1 is 1.26 bits per heavy atom. The zero-order valence-corrected chi connectivity index (χ0v) is 12.7. The van der Waals surface area contributed by atoms with E-state index in [0.717, 1.165) is 11.1 Å². The highest BCUT2D eigenvalue weighted by Gasteiger charge is 2.21. The summed E-state index contributed by atoms with van der Waals surface area (Å²) in [7, 11) is 0. The zero-order chi connectivity index (χ0) is 14.6. The lowest BCUT2D eigenvalue weighted by molar-refractivity contribution is 0.0947. The van der Waals surface area contributed by atoms with Gasteiger partial charge in [-0.25, -0.2) is 0 Å². The molecule has 0 saturated carbocycles. The molecule has 1 atom stereocenters. The van der Waals surface area contributed by atoms with Gasteiger partial charge in [0.25, 0.3) is 5.91 Å². The molecule has 1 unspecified atom stereocenters. The van der Waals surface area contributed by atoms with E-state index in [-0.39, 0.29) is 17.4 Å². The number of benzene rings is 1. The number of amides is 1. The monoisotopic (exact) mass is 262 g/mol. The van der Waals surface area contributed by atoms with Gasteiger partial charge in [0.2, 0.25) is 0 Å². The molecule has 3 nitrogen and oxygen atoms in total. The Morgan fingerprint density at radius 3 is 2.37 bits per heavy atom. The van der Waals surface area contributed by atoms with Crippen LogP contribution in [0.25, 0.3) is 0 Å². The lowest BCUT2D eigenvalue weighted by Crippen LogP contribution is -2.40. The van der Waals surface area contributed by atoms with Gasteiger partial charge in [0.1, 0.15) is 0 Å². The molecule has 1 aromatic carbocycles. The summed E-state index contributed by atoms with van der Waals surface area (Å²) in [6.07, 6.45) is 0. The number of rotatable bonds is 4. The van der Waals surface area contributed by atoms with Crippen LogP contribution in [0.5, 0.6) is 0 Å². The molecule has 0 heterocycles. The number of carbonyl (C=O) groups excluding carboxylic acids is 1. The first-order valence-corrected chi connectivity index (χ1v) is 6.86. The molecule has 0 fully saturated rings. The van der Waals surface area contributed by atoms with E-state index in [1.807, 2.05) is 24.3 Å². The summed E-state index contributed by atoms with van der Waals surface area (Å²) in [4.78, 5) is 12.3. The Bertz CT molecular complexity index is 433. The number of nitrogens with one attached hydrogen (secondary N) is 1. The number of carbonyl (C=O) groups is 1. The van der Waals surface area contributed by atoms with Crippen molar-refractivity contribution in [1.29, 1.82) is 0 Å². The summed E-state index contributed by atoms with van der Waals surface area (Å²) >= 11 is 0. The molecule has 1 amide bonds. The lowest BCUT2D eigenvalue weighted by atomic mass is 9.83. The van der Waals surface area contributed by atoms with Crippen molar-refractivity contribution < 1.29 is 4.79 Å². The average molecular weight is 262 g/mol. The van der Waals surface area contributed by atoms with Crippen molar-refractivity contribution >= 4 is 5.91 Å². The first-order chi connectivity index (χ1) is 8.73. The van der Waals surface area contributed by atoms with E-state index in [2.05, 4.69) is 39.9 Å². The average Bonchev–Trinajstić information content (AvgIpc) is 2.34. The molecule has 0 aromatic heterocycles.